The summed E-state index contributed by atoms with van der Waals surface area (Å²) in [6.45, 7) is 2.30. The molecule has 0 unspecified atom stereocenters. The quantitative estimate of drug-likeness (QED) is 0.197. The molecule has 3 rings (SSSR count). The first kappa shape index (κ1) is 35.3. The van der Waals surface area contributed by atoms with E-state index >= 15 is 0 Å². The third-order valence-corrected chi connectivity index (χ3v) is 6.55. The fraction of sp³-hybridized carbons (Fsp3) is 0.200. The van der Waals surface area contributed by atoms with Crippen molar-refractivity contribution in [1.82, 2.24) is 0 Å². The minimum Gasteiger partial charge on any atom is -0.493 e. The molecule has 3 aromatic carbocycles. The van der Waals surface area contributed by atoms with E-state index in [4.69, 9.17) is 40.0 Å². The van der Waals surface area contributed by atoms with Gasteiger partial charge in [0.1, 0.15) is 0 Å². The molecule has 16 heteroatoms. The van der Waals surface area contributed by atoms with Crippen LogP contribution in [0.2, 0.25) is 5.02 Å². The SMILES string of the molecule is COc1cc(C(=O)O[C@H](C(=O)O)[C@H](OC(=O)c2ccc(OC(C)=O)c(OC)c2)C(=O)Nc2ccc(Br)cc2Cl)ccc1OC(C)=O. The number of hydrogen-bond donors (Lipinski definition) is 2. The van der Waals surface area contributed by atoms with Crippen LogP contribution in [0.15, 0.2) is 59.1 Å². The Labute approximate surface area is 274 Å². The van der Waals surface area contributed by atoms with Gasteiger partial charge in [0.2, 0.25) is 12.2 Å². The van der Waals surface area contributed by atoms with Gasteiger partial charge in [-0.1, -0.05) is 27.5 Å². The molecule has 0 fully saturated rings. The van der Waals surface area contributed by atoms with Gasteiger partial charge in [-0.15, -0.1) is 0 Å². The van der Waals surface area contributed by atoms with Crippen molar-refractivity contribution in [3.8, 4) is 23.0 Å². The number of aliphatic carboxylic acids is 1. The third kappa shape index (κ3) is 9.18. The van der Waals surface area contributed by atoms with Gasteiger partial charge in [0.25, 0.3) is 5.91 Å². The van der Waals surface area contributed by atoms with Crippen LogP contribution in [0.25, 0.3) is 0 Å². The number of esters is 4. The van der Waals surface area contributed by atoms with Crippen LogP contribution in [0.1, 0.15) is 34.6 Å². The summed E-state index contributed by atoms with van der Waals surface area (Å²) in [6.07, 6.45) is -4.68. The molecule has 2 atom stereocenters. The van der Waals surface area contributed by atoms with Crippen molar-refractivity contribution in [2.45, 2.75) is 26.1 Å². The number of anilines is 1. The lowest BCUT2D eigenvalue weighted by Gasteiger charge is -2.24. The van der Waals surface area contributed by atoms with E-state index in [0.29, 0.717) is 4.47 Å². The highest BCUT2D eigenvalue weighted by molar-refractivity contribution is 9.10. The Morgan fingerprint density at radius 1 is 0.717 bits per heavy atom. The molecule has 0 aromatic heterocycles. The number of benzene rings is 3. The largest absolute Gasteiger partial charge is 0.493 e. The number of carbonyl (C=O) groups is 6. The van der Waals surface area contributed by atoms with Crippen molar-refractivity contribution < 1.29 is 62.3 Å². The third-order valence-electron chi connectivity index (χ3n) is 5.74. The van der Waals surface area contributed by atoms with Crippen LogP contribution in [0.5, 0.6) is 23.0 Å². The summed E-state index contributed by atoms with van der Waals surface area (Å²) >= 11 is 9.42. The first-order valence-electron chi connectivity index (χ1n) is 12.9. The predicted molar refractivity (Wildman–Crippen MR) is 162 cm³/mol. The van der Waals surface area contributed by atoms with E-state index in [-0.39, 0.29) is 44.8 Å². The van der Waals surface area contributed by atoms with Crippen molar-refractivity contribution in [3.63, 3.8) is 0 Å². The fourth-order valence-electron chi connectivity index (χ4n) is 3.72. The first-order chi connectivity index (χ1) is 21.7. The number of carboxylic acid groups (broad SMARTS) is 1. The van der Waals surface area contributed by atoms with Crippen LogP contribution < -0.4 is 24.3 Å². The number of methoxy groups -OCH3 is 2. The van der Waals surface area contributed by atoms with Gasteiger partial charge in [0.05, 0.1) is 36.1 Å². The van der Waals surface area contributed by atoms with Crippen molar-refractivity contribution in [3.05, 3.63) is 75.2 Å². The zero-order chi connectivity index (χ0) is 34.1. The molecule has 0 aliphatic carbocycles. The molecule has 3 aromatic rings. The van der Waals surface area contributed by atoms with Crippen LogP contribution >= 0.6 is 27.5 Å². The zero-order valence-corrected chi connectivity index (χ0v) is 26.8. The highest BCUT2D eigenvalue weighted by Gasteiger charge is 2.41. The molecule has 0 aliphatic rings. The van der Waals surface area contributed by atoms with Crippen molar-refractivity contribution in [2.75, 3.05) is 19.5 Å². The molecule has 0 saturated carbocycles. The van der Waals surface area contributed by atoms with Crippen molar-refractivity contribution in [1.29, 1.82) is 0 Å². The Morgan fingerprint density at radius 2 is 1.20 bits per heavy atom. The number of rotatable bonds is 12. The normalized spacial score (nSPS) is 11.7. The Hall–Kier alpha value is -5.15. The molecular weight excluding hydrogens is 698 g/mol. The number of carboxylic acids is 1. The summed E-state index contributed by atoms with van der Waals surface area (Å²) in [5.41, 5.74) is -0.482. The van der Waals surface area contributed by atoms with Crippen LogP contribution in [0.4, 0.5) is 5.69 Å². The topological polar surface area (TPSA) is 190 Å². The van der Waals surface area contributed by atoms with E-state index in [1.54, 1.807) is 0 Å². The van der Waals surface area contributed by atoms with Crippen LogP contribution in [-0.4, -0.2) is 67.3 Å². The molecular formula is C30H25BrClNO13. The number of hydrogen-bond acceptors (Lipinski definition) is 12. The van der Waals surface area contributed by atoms with Gasteiger partial charge in [0.15, 0.2) is 23.0 Å². The second-order valence-corrected chi connectivity index (χ2v) is 10.3. The molecule has 0 heterocycles. The van der Waals surface area contributed by atoms with E-state index in [9.17, 15) is 33.9 Å². The molecule has 0 radical (unpaired) electrons. The second-order valence-electron chi connectivity index (χ2n) is 9.02. The Kier molecular flexibility index (Phi) is 12.1. The molecule has 0 aliphatic heterocycles. The lowest BCUT2D eigenvalue weighted by Crippen LogP contribution is -2.48. The van der Waals surface area contributed by atoms with Gasteiger partial charge in [-0.2, -0.15) is 0 Å². The number of ether oxygens (including phenoxy) is 6. The molecule has 2 N–H and O–H groups in total. The highest BCUT2D eigenvalue weighted by atomic mass is 79.9. The lowest BCUT2D eigenvalue weighted by molar-refractivity contribution is -0.157. The highest BCUT2D eigenvalue weighted by Crippen LogP contribution is 2.31. The summed E-state index contributed by atoms with van der Waals surface area (Å²) in [4.78, 5) is 74.9. The molecule has 46 heavy (non-hydrogen) atoms. The zero-order valence-electron chi connectivity index (χ0n) is 24.5. The van der Waals surface area contributed by atoms with E-state index in [1.807, 2.05) is 0 Å². The summed E-state index contributed by atoms with van der Waals surface area (Å²) in [5, 5.41) is 12.5. The van der Waals surface area contributed by atoms with E-state index in [0.717, 1.165) is 32.0 Å². The molecule has 14 nitrogen and oxygen atoms in total. The van der Waals surface area contributed by atoms with Gasteiger partial charge in [0, 0.05) is 18.3 Å². The second kappa shape index (κ2) is 15.7. The average molecular weight is 723 g/mol. The molecule has 0 bridgehead atoms. The lowest BCUT2D eigenvalue weighted by atomic mass is 10.1. The summed E-state index contributed by atoms with van der Waals surface area (Å²) in [6, 6.07) is 11.3. The predicted octanol–water partition coefficient (Wildman–Crippen LogP) is 4.44. The summed E-state index contributed by atoms with van der Waals surface area (Å²) in [5.74, 6) is -7.08. The van der Waals surface area contributed by atoms with Gasteiger partial charge in [-0.25, -0.2) is 14.4 Å². The number of amides is 1. The molecule has 0 saturated heterocycles. The standard InChI is InChI=1S/C30H25BrClNO13/c1-14(34)43-21-9-5-16(11-23(21)41-3)29(39)45-25(27(36)33-20-8-7-18(31)13-19(20)32)26(28(37)38)46-30(40)17-6-10-22(44-15(2)35)24(12-17)42-4/h5-13,25-26H,1-4H3,(H,33,36)(H,37,38)/t25-,26-/m0/s1. The molecule has 242 valence electrons. The fourth-order valence-corrected chi connectivity index (χ4v) is 4.44. The Morgan fingerprint density at radius 3 is 1.61 bits per heavy atom. The van der Waals surface area contributed by atoms with Crippen molar-refractivity contribution in [2.24, 2.45) is 0 Å². The van der Waals surface area contributed by atoms with Crippen LogP contribution in [0, 0.1) is 0 Å². The maximum Gasteiger partial charge on any atom is 0.349 e. The van der Waals surface area contributed by atoms with E-state index < -0.39 is 48.0 Å². The van der Waals surface area contributed by atoms with Gasteiger partial charge < -0.3 is 38.8 Å². The summed E-state index contributed by atoms with van der Waals surface area (Å²) in [7, 11) is 2.47. The minimum absolute atomic E-state index is 0.0181. The van der Waals surface area contributed by atoms with Crippen LogP contribution in [0.3, 0.4) is 0 Å². The van der Waals surface area contributed by atoms with Gasteiger partial charge >= 0.3 is 29.8 Å². The Balaban J connectivity index is 1.99. The number of halogens is 2. The molecule has 1 amide bonds. The smallest absolute Gasteiger partial charge is 0.349 e. The van der Waals surface area contributed by atoms with Gasteiger partial charge in [-0.05, 0) is 54.6 Å². The number of carbonyl (C=O) groups excluding carboxylic acids is 5. The minimum atomic E-state index is -2.40. The molecule has 0 spiro atoms. The maximum atomic E-state index is 13.5. The van der Waals surface area contributed by atoms with Crippen LogP contribution in [-0.2, 0) is 28.7 Å². The Bertz CT molecular complexity index is 1690. The average Bonchev–Trinajstić information content (AvgIpc) is 2.99. The van der Waals surface area contributed by atoms with E-state index in [2.05, 4.69) is 21.2 Å². The monoisotopic (exact) mass is 721 g/mol. The first-order valence-corrected chi connectivity index (χ1v) is 14.0. The van der Waals surface area contributed by atoms with Gasteiger partial charge in [-0.3, -0.25) is 14.4 Å². The number of nitrogens with one attached hydrogen (secondary N) is 1. The summed E-state index contributed by atoms with van der Waals surface area (Å²) < 4.78 is 31.3. The maximum absolute atomic E-state index is 13.5. The van der Waals surface area contributed by atoms with E-state index in [1.165, 1.54) is 50.6 Å². The van der Waals surface area contributed by atoms with Crippen molar-refractivity contribution >= 4 is 69.0 Å².